The summed E-state index contributed by atoms with van der Waals surface area (Å²) in [5.74, 6) is -1.26. The maximum absolute atomic E-state index is 13.9. The standard InChI is InChI=1S/C21H11Cl2F2NOS/c22-15-2-1-3-16(23)20(15)19-14-6-5-13(8-11(14)10-26-21(19)27)28-18-7-4-12(24)9-17(18)25/h1-10H,(H,26,27). The van der Waals surface area contributed by atoms with Crippen molar-refractivity contribution in [3.8, 4) is 11.1 Å². The van der Waals surface area contributed by atoms with Gasteiger partial charge in [0.2, 0.25) is 0 Å². The van der Waals surface area contributed by atoms with Crippen molar-refractivity contribution in [1.82, 2.24) is 4.98 Å². The van der Waals surface area contributed by atoms with Crippen LogP contribution in [0.15, 0.2) is 75.4 Å². The van der Waals surface area contributed by atoms with E-state index in [-0.39, 0.29) is 5.56 Å². The van der Waals surface area contributed by atoms with Gasteiger partial charge in [0.1, 0.15) is 11.6 Å². The lowest BCUT2D eigenvalue weighted by atomic mass is 10.0. The third-order valence-electron chi connectivity index (χ3n) is 4.21. The third kappa shape index (κ3) is 3.53. The second-order valence-corrected chi connectivity index (χ2v) is 7.95. The lowest BCUT2D eigenvalue weighted by molar-refractivity contribution is 0.565. The number of hydrogen-bond donors (Lipinski definition) is 1. The summed E-state index contributed by atoms with van der Waals surface area (Å²) in [6.07, 6.45) is 1.58. The number of fused-ring (bicyclic) bond motifs is 1. The van der Waals surface area contributed by atoms with Crippen LogP contribution in [0.4, 0.5) is 8.78 Å². The van der Waals surface area contributed by atoms with Crippen molar-refractivity contribution in [2.75, 3.05) is 0 Å². The van der Waals surface area contributed by atoms with E-state index < -0.39 is 11.6 Å². The second-order valence-electron chi connectivity index (χ2n) is 6.02. The molecule has 7 heteroatoms. The smallest absolute Gasteiger partial charge is 0.256 e. The van der Waals surface area contributed by atoms with Crippen LogP contribution in [-0.2, 0) is 0 Å². The molecule has 0 unspecified atom stereocenters. The van der Waals surface area contributed by atoms with E-state index in [4.69, 9.17) is 23.2 Å². The fraction of sp³-hybridized carbons (Fsp3) is 0. The molecule has 0 radical (unpaired) electrons. The molecule has 0 saturated heterocycles. The summed E-state index contributed by atoms with van der Waals surface area (Å²) >= 11 is 13.7. The molecule has 2 nitrogen and oxygen atoms in total. The summed E-state index contributed by atoms with van der Waals surface area (Å²) in [7, 11) is 0. The van der Waals surface area contributed by atoms with Gasteiger partial charge in [-0.15, -0.1) is 0 Å². The predicted molar refractivity (Wildman–Crippen MR) is 111 cm³/mol. The molecule has 4 aromatic rings. The van der Waals surface area contributed by atoms with Gasteiger partial charge in [-0.1, -0.05) is 47.1 Å². The molecular formula is C21H11Cl2F2NOS. The Morgan fingerprint density at radius 1 is 0.893 bits per heavy atom. The van der Waals surface area contributed by atoms with E-state index in [1.807, 2.05) is 6.07 Å². The molecule has 0 saturated carbocycles. The Labute approximate surface area is 173 Å². The van der Waals surface area contributed by atoms with Gasteiger partial charge in [-0.2, -0.15) is 0 Å². The number of pyridine rings is 1. The number of aromatic nitrogens is 1. The molecule has 0 spiro atoms. The fourth-order valence-corrected chi connectivity index (χ4v) is 4.41. The van der Waals surface area contributed by atoms with Gasteiger partial charge in [0, 0.05) is 27.6 Å². The van der Waals surface area contributed by atoms with E-state index in [0.29, 0.717) is 31.5 Å². The molecule has 1 aromatic heterocycles. The number of nitrogens with one attached hydrogen (secondary N) is 1. The normalized spacial score (nSPS) is 11.1. The topological polar surface area (TPSA) is 32.9 Å². The van der Waals surface area contributed by atoms with Crippen molar-refractivity contribution in [2.45, 2.75) is 9.79 Å². The lowest BCUT2D eigenvalue weighted by Gasteiger charge is -2.11. The number of rotatable bonds is 3. The predicted octanol–water partition coefficient (Wildman–Crippen LogP) is 6.93. The summed E-state index contributed by atoms with van der Waals surface area (Å²) < 4.78 is 27.0. The molecule has 3 aromatic carbocycles. The Balaban J connectivity index is 1.84. The lowest BCUT2D eigenvalue weighted by Crippen LogP contribution is -2.09. The van der Waals surface area contributed by atoms with E-state index in [2.05, 4.69) is 4.98 Å². The molecule has 1 heterocycles. The Morgan fingerprint density at radius 3 is 2.36 bits per heavy atom. The molecule has 0 fully saturated rings. The van der Waals surface area contributed by atoms with Gasteiger partial charge in [-0.05, 0) is 47.2 Å². The fourth-order valence-electron chi connectivity index (χ4n) is 2.96. The minimum absolute atomic E-state index is 0.305. The summed E-state index contributed by atoms with van der Waals surface area (Å²) in [6, 6.07) is 13.8. The number of aromatic amines is 1. The molecule has 1 N–H and O–H groups in total. The first-order chi connectivity index (χ1) is 13.4. The van der Waals surface area contributed by atoms with E-state index >= 15 is 0 Å². The first-order valence-electron chi connectivity index (χ1n) is 8.17. The number of hydrogen-bond acceptors (Lipinski definition) is 2. The maximum atomic E-state index is 13.9. The minimum atomic E-state index is -0.630. The van der Waals surface area contributed by atoms with E-state index in [0.717, 1.165) is 28.1 Å². The van der Waals surface area contributed by atoms with Crippen LogP contribution in [0.5, 0.6) is 0 Å². The van der Waals surface area contributed by atoms with Crippen LogP contribution in [-0.4, -0.2) is 4.98 Å². The largest absolute Gasteiger partial charge is 0.328 e. The van der Waals surface area contributed by atoms with Crippen LogP contribution < -0.4 is 5.56 Å². The first kappa shape index (κ1) is 19.0. The summed E-state index contributed by atoms with van der Waals surface area (Å²) in [4.78, 5) is 16.3. The monoisotopic (exact) mass is 433 g/mol. The zero-order chi connectivity index (χ0) is 19.8. The molecule has 0 aliphatic heterocycles. The average molecular weight is 434 g/mol. The van der Waals surface area contributed by atoms with Crippen molar-refractivity contribution >= 4 is 45.7 Å². The quantitative estimate of drug-likeness (QED) is 0.379. The maximum Gasteiger partial charge on any atom is 0.256 e. The highest BCUT2D eigenvalue weighted by Crippen LogP contribution is 2.38. The van der Waals surface area contributed by atoms with Crippen molar-refractivity contribution in [2.24, 2.45) is 0 Å². The highest BCUT2D eigenvalue weighted by Gasteiger charge is 2.16. The molecular weight excluding hydrogens is 423 g/mol. The number of H-pyrrole nitrogens is 1. The third-order valence-corrected chi connectivity index (χ3v) is 5.88. The minimum Gasteiger partial charge on any atom is -0.328 e. The van der Waals surface area contributed by atoms with E-state index in [1.54, 1.807) is 36.5 Å². The summed E-state index contributed by atoms with van der Waals surface area (Å²) in [5, 5.41) is 2.15. The van der Waals surface area contributed by atoms with Gasteiger partial charge < -0.3 is 4.98 Å². The van der Waals surface area contributed by atoms with Gasteiger partial charge in [-0.3, -0.25) is 4.79 Å². The van der Waals surface area contributed by atoms with Crippen LogP contribution in [0.25, 0.3) is 21.9 Å². The highest BCUT2D eigenvalue weighted by atomic mass is 35.5. The summed E-state index contributed by atoms with van der Waals surface area (Å²) in [6.45, 7) is 0. The van der Waals surface area contributed by atoms with Crippen LogP contribution in [0.1, 0.15) is 0 Å². The Hall–Kier alpha value is -2.34. The molecule has 0 atom stereocenters. The molecule has 0 amide bonds. The molecule has 28 heavy (non-hydrogen) atoms. The Bertz CT molecular complexity index is 1250. The van der Waals surface area contributed by atoms with Crippen molar-refractivity contribution < 1.29 is 8.78 Å². The zero-order valence-electron chi connectivity index (χ0n) is 14.1. The van der Waals surface area contributed by atoms with Gasteiger partial charge in [0.15, 0.2) is 0 Å². The van der Waals surface area contributed by atoms with Crippen LogP contribution in [0.2, 0.25) is 10.0 Å². The second kappa shape index (κ2) is 7.59. The van der Waals surface area contributed by atoms with Gasteiger partial charge >= 0.3 is 0 Å². The van der Waals surface area contributed by atoms with Crippen LogP contribution in [0.3, 0.4) is 0 Å². The molecule has 0 aliphatic carbocycles. The molecule has 0 aliphatic rings. The zero-order valence-corrected chi connectivity index (χ0v) is 16.4. The molecule has 0 bridgehead atoms. The van der Waals surface area contributed by atoms with Crippen LogP contribution in [0, 0.1) is 11.6 Å². The van der Waals surface area contributed by atoms with E-state index in [1.165, 1.54) is 12.1 Å². The van der Waals surface area contributed by atoms with E-state index in [9.17, 15) is 13.6 Å². The first-order valence-corrected chi connectivity index (χ1v) is 9.74. The SMILES string of the molecule is O=c1[nH]cc2cc(Sc3ccc(F)cc3F)ccc2c1-c1c(Cl)cccc1Cl. The number of halogens is 4. The Morgan fingerprint density at radius 2 is 1.64 bits per heavy atom. The molecule has 4 rings (SSSR count). The van der Waals surface area contributed by atoms with Gasteiger partial charge in [0.25, 0.3) is 5.56 Å². The average Bonchev–Trinajstić information content (AvgIpc) is 2.65. The van der Waals surface area contributed by atoms with Gasteiger partial charge in [0.05, 0.1) is 15.6 Å². The highest BCUT2D eigenvalue weighted by molar-refractivity contribution is 7.99. The Kier molecular flexibility index (Phi) is 5.15. The van der Waals surface area contributed by atoms with Gasteiger partial charge in [-0.25, -0.2) is 8.78 Å². The van der Waals surface area contributed by atoms with Crippen molar-refractivity contribution in [1.29, 1.82) is 0 Å². The number of benzene rings is 3. The summed E-state index contributed by atoms with van der Waals surface area (Å²) in [5.41, 5.74) is 0.521. The van der Waals surface area contributed by atoms with Crippen molar-refractivity contribution in [3.63, 3.8) is 0 Å². The van der Waals surface area contributed by atoms with Crippen LogP contribution >= 0.6 is 35.0 Å². The van der Waals surface area contributed by atoms with Crippen molar-refractivity contribution in [3.05, 3.63) is 92.8 Å². The molecule has 140 valence electrons.